The van der Waals surface area contributed by atoms with E-state index >= 15 is 0 Å². The summed E-state index contributed by atoms with van der Waals surface area (Å²) in [6, 6.07) is 16.2. The molecule has 0 saturated carbocycles. The van der Waals surface area contributed by atoms with E-state index in [9.17, 15) is 13.2 Å². The van der Waals surface area contributed by atoms with Crippen LogP contribution >= 0.6 is 0 Å². The molecule has 2 aromatic carbocycles. The predicted molar refractivity (Wildman–Crippen MR) is 130 cm³/mol. The van der Waals surface area contributed by atoms with Crippen LogP contribution in [0.2, 0.25) is 0 Å². The van der Waals surface area contributed by atoms with Crippen LogP contribution in [0.15, 0.2) is 59.5 Å². The topological polar surface area (TPSA) is 95.6 Å². The Morgan fingerprint density at radius 2 is 1.68 bits per heavy atom. The van der Waals surface area contributed by atoms with Gasteiger partial charge >= 0.3 is 0 Å². The Labute approximate surface area is 200 Å². The summed E-state index contributed by atoms with van der Waals surface area (Å²) in [5.41, 5.74) is 2.87. The van der Waals surface area contributed by atoms with Crippen molar-refractivity contribution in [1.29, 1.82) is 0 Å². The maximum absolute atomic E-state index is 13.1. The molecule has 0 unspecified atom stereocenters. The number of aromatic amines is 1. The fraction of sp³-hybridized carbons (Fsp3) is 0.360. The van der Waals surface area contributed by atoms with Crippen molar-refractivity contribution in [3.05, 3.63) is 65.9 Å². The minimum absolute atomic E-state index is 0.0482. The van der Waals surface area contributed by atoms with Gasteiger partial charge in [-0.25, -0.2) is 8.42 Å². The van der Waals surface area contributed by atoms with Crippen molar-refractivity contribution in [2.75, 3.05) is 33.3 Å². The van der Waals surface area contributed by atoms with E-state index in [4.69, 9.17) is 4.74 Å². The molecule has 0 bridgehead atoms. The molecule has 34 heavy (non-hydrogen) atoms. The monoisotopic (exact) mass is 482 g/mol. The van der Waals surface area contributed by atoms with E-state index in [2.05, 4.69) is 31.0 Å². The van der Waals surface area contributed by atoms with Gasteiger partial charge < -0.3 is 9.64 Å². The van der Waals surface area contributed by atoms with Crippen LogP contribution in [0.25, 0.3) is 11.3 Å². The molecule has 0 atom stereocenters. The van der Waals surface area contributed by atoms with Gasteiger partial charge in [-0.3, -0.25) is 9.89 Å². The van der Waals surface area contributed by atoms with Crippen molar-refractivity contribution in [2.45, 2.75) is 31.1 Å². The molecule has 1 N–H and O–H groups in total. The number of carbonyl (C=O) groups excluding carboxylic acids is 1. The summed E-state index contributed by atoms with van der Waals surface area (Å²) in [5, 5.41) is 7.07. The molecule has 1 saturated heterocycles. The van der Waals surface area contributed by atoms with Crippen LogP contribution in [0.1, 0.15) is 36.8 Å². The highest BCUT2D eigenvalue weighted by molar-refractivity contribution is 7.89. The number of sulfonamides is 1. The van der Waals surface area contributed by atoms with E-state index in [1.807, 2.05) is 36.4 Å². The average molecular weight is 483 g/mol. The number of nitrogens with one attached hydrogen (secondary N) is 1. The summed E-state index contributed by atoms with van der Waals surface area (Å²) in [6.45, 7) is 7.37. The van der Waals surface area contributed by atoms with Crippen LogP contribution in [0.4, 0.5) is 0 Å². The molecule has 1 aliphatic heterocycles. The first-order valence-corrected chi connectivity index (χ1v) is 12.6. The van der Waals surface area contributed by atoms with E-state index < -0.39 is 10.0 Å². The summed E-state index contributed by atoms with van der Waals surface area (Å²) in [7, 11) is -2.02. The Morgan fingerprint density at radius 1 is 1.00 bits per heavy atom. The third kappa shape index (κ3) is 4.85. The van der Waals surface area contributed by atoms with E-state index in [0.717, 1.165) is 11.1 Å². The normalized spacial score (nSPS) is 15.4. The van der Waals surface area contributed by atoms with Gasteiger partial charge in [0.15, 0.2) is 0 Å². The smallest absolute Gasteiger partial charge is 0.271 e. The lowest BCUT2D eigenvalue weighted by atomic mass is 9.87. The fourth-order valence-electron chi connectivity index (χ4n) is 3.94. The molecular formula is C25H30N4O4S. The second-order valence-corrected chi connectivity index (χ2v) is 11.3. The lowest BCUT2D eigenvalue weighted by molar-refractivity contribution is 0.0692. The van der Waals surface area contributed by atoms with E-state index in [-0.39, 0.29) is 29.3 Å². The zero-order valence-corrected chi connectivity index (χ0v) is 20.7. The molecule has 8 nitrogen and oxygen atoms in total. The van der Waals surface area contributed by atoms with Crippen LogP contribution < -0.4 is 4.74 Å². The van der Waals surface area contributed by atoms with Gasteiger partial charge in [-0.2, -0.15) is 9.40 Å². The number of benzene rings is 2. The Balaban J connectivity index is 1.41. The Bertz CT molecular complexity index is 1270. The molecule has 4 rings (SSSR count). The first-order chi connectivity index (χ1) is 16.1. The standard InChI is InChI=1S/C25H30N4O4S/c1-25(2,3)19-8-10-21(11-9-19)34(31,32)29-14-12-28(13-15-29)24(30)23-17-22(26-27-23)18-6-5-7-20(16-18)33-4/h5-11,16-17H,12-15H2,1-4H3,(H,26,27). The summed E-state index contributed by atoms with van der Waals surface area (Å²) in [6.07, 6.45) is 0. The van der Waals surface area contributed by atoms with Gasteiger partial charge in [0, 0.05) is 31.7 Å². The number of methoxy groups -OCH3 is 1. The summed E-state index contributed by atoms with van der Waals surface area (Å²) >= 11 is 0. The fourth-order valence-corrected chi connectivity index (χ4v) is 5.36. The van der Waals surface area contributed by atoms with Gasteiger partial charge in [-0.05, 0) is 41.3 Å². The highest BCUT2D eigenvalue weighted by Crippen LogP contribution is 2.26. The molecule has 2 heterocycles. The number of piperazine rings is 1. The van der Waals surface area contributed by atoms with Crippen molar-refractivity contribution in [3.8, 4) is 17.0 Å². The number of aromatic nitrogens is 2. The summed E-state index contributed by atoms with van der Waals surface area (Å²) in [4.78, 5) is 14.9. The molecule has 1 aromatic heterocycles. The van der Waals surface area contributed by atoms with Crippen LogP contribution in [0.5, 0.6) is 5.75 Å². The van der Waals surface area contributed by atoms with Crippen LogP contribution in [-0.4, -0.2) is 67.0 Å². The van der Waals surface area contributed by atoms with Crippen molar-refractivity contribution >= 4 is 15.9 Å². The van der Waals surface area contributed by atoms with Gasteiger partial charge in [-0.1, -0.05) is 45.0 Å². The van der Waals surface area contributed by atoms with Crippen molar-refractivity contribution in [2.24, 2.45) is 0 Å². The first kappa shape index (κ1) is 24.0. The maximum atomic E-state index is 13.1. The van der Waals surface area contributed by atoms with E-state index in [1.165, 1.54) is 4.31 Å². The second kappa shape index (κ2) is 9.23. The molecule has 1 fully saturated rings. The van der Waals surface area contributed by atoms with Crippen molar-refractivity contribution < 1.29 is 17.9 Å². The van der Waals surface area contributed by atoms with Gasteiger partial charge in [0.25, 0.3) is 5.91 Å². The van der Waals surface area contributed by atoms with Crippen molar-refractivity contribution in [1.82, 2.24) is 19.4 Å². The zero-order chi connectivity index (χ0) is 24.5. The second-order valence-electron chi connectivity index (χ2n) is 9.37. The largest absolute Gasteiger partial charge is 0.497 e. The molecule has 1 aliphatic rings. The minimum atomic E-state index is -3.61. The Hall–Kier alpha value is -3.17. The van der Waals surface area contributed by atoms with Crippen LogP contribution in [-0.2, 0) is 15.4 Å². The van der Waals surface area contributed by atoms with Gasteiger partial charge in [0.1, 0.15) is 11.4 Å². The lowest BCUT2D eigenvalue weighted by Crippen LogP contribution is -2.50. The van der Waals surface area contributed by atoms with E-state index in [1.54, 1.807) is 30.2 Å². The molecule has 0 radical (unpaired) electrons. The third-order valence-corrected chi connectivity index (χ3v) is 7.97. The number of carbonyl (C=O) groups is 1. The molecule has 180 valence electrons. The zero-order valence-electron chi connectivity index (χ0n) is 19.9. The van der Waals surface area contributed by atoms with Crippen LogP contribution in [0.3, 0.4) is 0 Å². The SMILES string of the molecule is COc1cccc(-c2cc(C(=O)N3CCN(S(=O)(=O)c4ccc(C(C)(C)C)cc4)CC3)[nH]n2)c1. The number of hydrogen-bond donors (Lipinski definition) is 1. The first-order valence-electron chi connectivity index (χ1n) is 11.2. The summed E-state index contributed by atoms with van der Waals surface area (Å²) < 4.78 is 32.9. The number of H-pyrrole nitrogens is 1. The molecular weight excluding hydrogens is 452 g/mol. The molecule has 0 spiro atoms. The Kier molecular flexibility index (Phi) is 6.51. The average Bonchev–Trinajstić information content (AvgIpc) is 3.34. The minimum Gasteiger partial charge on any atom is -0.497 e. The third-order valence-electron chi connectivity index (χ3n) is 6.06. The number of rotatable bonds is 5. The van der Waals surface area contributed by atoms with Crippen LogP contribution in [0, 0.1) is 0 Å². The molecule has 9 heteroatoms. The quantitative estimate of drug-likeness (QED) is 0.600. The number of amides is 1. The lowest BCUT2D eigenvalue weighted by Gasteiger charge is -2.33. The number of hydrogen-bond acceptors (Lipinski definition) is 5. The Morgan fingerprint density at radius 3 is 2.29 bits per heavy atom. The van der Waals surface area contributed by atoms with Gasteiger partial charge in [0.2, 0.25) is 10.0 Å². The number of ether oxygens (including phenoxy) is 1. The maximum Gasteiger partial charge on any atom is 0.271 e. The number of nitrogens with zero attached hydrogens (tertiary/aromatic N) is 3. The highest BCUT2D eigenvalue weighted by atomic mass is 32.2. The predicted octanol–water partition coefficient (Wildman–Crippen LogP) is 3.53. The highest BCUT2D eigenvalue weighted by Gasteiger charge is 2.31. The summed E-state index contributed by atoms with van der Waals surface area (Å²) in [5.74, 6) is 0.506. The molecule has 3 aromatic rings. The van der Waals surface area contributed by atoms with Gasteiger partial charge in [-0.15, -0.1) is 0 Å². The molecule has 0 aliphatic carbocycles. The molecule has 1 amide bonds. The van der Waals surface area contributed by atoms with Crippen molar-refractivity contribution in [3.63, 3.8) is 0 Å². The van der Waals surface area contributed by atoms with E-state index in [0.29, 0.717) is 30.2 Å². The van der Waals surface area contributed by atoms with Gasteiger partial charge in [0.05, 0.1) is 17.7 Å².